The van der Waals surface area contributed by atoms with Crippen molar-refractivity contribution in [1.29, 1.82) is 0 Å². The average molecular weight is 1100 g/mol. The van der Waals surface area contributed by atoms with Crippen molar-refractivity contribution in [1.82, 2.24) is 0 Å². The van der Waals surface area contributed by atoms with Gasteiger partial charge in [0.05, 0.1) is 0 Å². The van der Waals surface area contributed by atoms with Gasteiger partial charge in [-0.05, 0) is 70.6 Å². The fourth-order valence-electron chi connectivity index (χ4n) is 10.6. The molecule has 0 aromatic carbocycles. The largest absolute Gasteiger partial charge is 0.462 e. The van der Waals surface area contributed by atoms with Gasteiger partial charge in [-0.2, -0.15) is 0 Å². The summed E-state index contributed by atoms with van der Waals surface area (Å²) < 4.78 is 17.0. The van der Waals surface area contributed by atoms with Crippen LogP contribution in [0.4, 0.5) is 0 Å². The second-order valence-corrected chi connectivity index (χ2v) is 23.8. The van der Waals surface area contributed by atoms with E-state index < -0.39 is 6.10 Å². The smallest absolute Gasteiger partial charge is 0.306 e. The molecule has 0 fully saturated rings. The third-order valence-corrected chi connectivity index (χ3v) is 15.9. The number of hydrogen-bond acceptors (Lipinski definition) is 6. The minimum absolute atomic E-state index is 0.0715. The SMILES string of the molecule is CCCC/C=C\C/C=C\CCCCCCCC(=O)OCC(COC(=O)CCCCCCCCCCCCCCCCC/C=C\CCCCCCCCCC)OC(=O)CCCCCCCCCCCCCCCCCCCCC. The van der Waals surface area contributed by atoms with E-state index in [1.807, 2.05) is 0 Å². The number of hydrogen-bond donors (Lipinski definition) is 0. The van der Waals surface area contributed by atoms with E-state index in [1.165, 1.54) is 270 Å². The van der Waals surface area contributed by atoms with Crippen LogP contribution in [0.3, 0.4) is 0 Å². The van der Waals surface area contributed by atoms with Gasteiger partial charge in [-0.3, -0.25) is 14.4 Å². The van der Waals surface area contributed by atoms with Crippen molar-refractivity contribution >= 4 is 17.9 Å². The summed E-state index contributed by atoms with van der Waals surface area (Å²) in [5.74, 6) is -0.857. The Bertz CT molecular complexity index is 1300. The van der Waals surface area contributed by atoms with E-state index in [4.69, 9.17) is 14.2 Å². The molecule has 0 amide bonds. The molecule has 458 valence electrons. The fraction of sp³-hybridized carbons (Fsp3) is 0.875. The number of ether oxygens (including phenoxy) is 3. The zero-order valence-corrected chi connectivity index (χ0v) is 52.7. The quantitative estimate of drug-likeness (QED) is 0.0261. The van der Waals surface area contributed by atoms with Gasteiger partial charge < -0.3 is 14.2 Å². The highest BCUT2D eigenvalue weighted by atomic mass is 16.6. The Kier molecular flexibility index (Phi) is 65.1. The number of rotatable bonds is 65. The molecule has 1 unspecified atom stereocenters. The van der Waals surface area contributed by atoms with Crippen molar-refractivity contribution in [2.24, 2.45) is 0 Å². The van der Waals surface area contributed by atoms with E-state index in [1.54, 1.807) is 0 Å². The van der Waals surface area contributed by atoms with Crippen molar-refractivity contribution < 1.29 is 28.6 Å². The molecule has 0 N–H and O–H groups in total. The predicted molar refractivity (Wildman–Crippen MR) is 339 cm³/mol. The lowest BCUT2D eigenvalue weighted by Crippen LogP contribution is -2.30. The van der Waals surface area contributed by atoms with Crippen LogP contribution in [0, 0.1) is 0 Å². The van der Waals surface area contributed by atoms with Crippen LogP contribution in [-0.2, 0) is 28.6 Å². The second-order valence-electron chi connectivity index (χ2n) is 23.8. The molecule has 0 saturated carbocycles. The van der Waals surface area contributed by atoms with E-state index in [-0.39, 0.29) is 31.1 Å². The van der Waals surface area contributed by atoms with Crippen molar-refractivity contribution in [2.75, 3.05) is 13.2 Å². The summed E-state index contributed by atoms with van der Waals surface area (Å²) in [6.45, 7) is 6.66. The van der Waals surface area contributed by atoms with Gasteiger partial charge in [-0.1, -0.05) is 333 Å². The van der Waals surface area contributed by atoms with Crippen molar-refractivity contribution in [3.05, 3.63) is 36.5 Å². The van der Waals surface area contributed by atoms with Gasteiger partial charge in [0.15, 0.2) is 6.10 Å². The lowest BCUT2D eigenvalue weighted by molar-refractivity contribution is -0.167. The Hall–Kier alpha value is -2.37. The zero-order valence-electron chi connectivity index (χ0n) is 52.7. The van der Waals surface area contributed by atoms with E-state index in [0.717, 1.165) is 77.0 Å². The first-order chi connectivity index (χ1) is 38.5. The van der Waals surface area contributed by atoms with Gasteiger partial charge in [-0.25, -0.2) is 0 Å². The van der Waals surface area contributed by atoms with Crippen molar-refractivity contribution in [2.45, 2.75) is 393 Å². The van der Waals surface area contributed by atoms with E-state index >= 15 is 0 Å². The third kappa shape index (κ3) is 64.5. The molecule has 0 aromatic rings. The molecule has 0 rings (SSSR count). The average Bonchev–Trinajstić information content (AvgIpc) is 3.44. The molecule has 0 aliphatic heterocycles. The van der Waals surface area contributed by atoms with Gasteiger partial charge in [0, 0.05) is 19.3 Å². The first kappa shape index (κ1) is 75.6. The Morgan fingerprint density at radius 1 is 0.256 bits per heavy atom. The summed E-state index contributed by atoms with van der Waals surface area (Å²) in [6, 6.07) is 0. The molecule has 0 aliphatic carbocycles. The molecular formula is C72H134O6. The van der Waals surface area contributed by atoms with Crippen molar-refractivity contribution in [3.63, 3.8) is 0 Å². The van der Waals surface area contributed by atoms with Crippen LogP contribution in [0.5, 0.6) is 0 Å². The van der Waals surface area contributed by atoms with Gasteiger partial charge in [0.2, 0.25) is 0 Å². The summed E-state index contributed by atoms with van der Waals surface area (Å²) in [6.07, 6.45) is 83.2. The number of esters is 3. The molecule has 0 radical (unpaired) electrons. The molecule has 0 aliphatic rings. The van der Waals surface area contributed by atoms with Crippen LogP contribution in [0.25, 0.3) is 0 Å². The number of unbranched alkanes of at least 4 members (excludes halogenated alkanes) is 48. The first-order valence-electron chi connectivity index (χ1n) is 35.0. The summed E-state index contributed by atoms with van der Waals surface area (Å²) in [5.41, 5.74) is 0. The fourth-order valence-corrected chi connectivity index (χ4v) is 10.6. The highest BCUT2D eigenvalue weighted by Crippen LogP contribution is 2.18. The maximum atomic E-state index is 12.9. The zero-order chi connectivity index (χ0) is 56.4. The molecule has 0 aromatic heterocycles. The lowest BCUT2D eigenvalue weighted by atomic mass is 10.0. The summed E-state index contributed by atoms with van der Waals surface area (Å²) in [5, 5.41) is 0. The third-order valence-electron chi connectivity index (χ3n) is 15.9. The minimum atomic E-state index is -0.776. The normalized spacial score (nSPS) is 12.2. The second kappa shape index (κ2) is 67.1. The molecule has 1 atom stereocenters. The molecule has 78 heavy (non-hydrogen) atoms. The monoisotopic (exact) mass is 1100 g/mol. The Morgan fingerprint density at radius 2 is 0.474 bits per heavy atom. The molecular weight excluding hydrogens is 961 g/mol. The standard InChI is InChI=1S/C72H134O6/c1-4-7-10-13-16-19-22-25-28-30-32-33-34-35-36-37-38-39-41-42-44-47-50-53-56-59-62-65-71(74)77-68-69(67-76-70(73)64-61-58-55-52-49-46-27-24-21-18-15-12-9-6-3)78-72(75)66-63-60-57-54-51-48-45-43-40-31-29-26-23-20-17-14-11-8-5-2/h15,18,24,27,30,32,69H,4-14,16-17,19-23,25-26,28-29,31,33-68H2,1-3H3/b18-15-,27-24-,32-30-. The molecule has 0 heterocycles. The number of carbonyl (C=O) groups excluding carboxylic acids is 3. The number of allylic oxidation sites excluding steroid dienone is 6. The van der Waals surface area contributed by atoms with Gasteiger partial charge in [0.1, 0.15) is 13.2 Å². The van der Waals surface area contributed by atoms with Crippen LogP contribution in [0.1, 0.15) is 387 Å². The van der Waals surface area contributed by atoms with E-state index in [2.05, 4.69) is 57.2 Å². The lowest BCUT2D eigenvalue weighted by Gasteiger charge is -2.18. The Balaban J connectivity index is 4.22. The van der Waals surface area contributed by atoms with Crippen LogP contribution >= 0.6 is 0 Å². The minimum Gasteiger partial charge on any atom is -0.462 e. The summed E-state index contributed by atoms with van der Waals surface area (Å²) in [7, 11) is 0. The molecule has 6 nitrogen and oxygen atoms in total. The number of carbonyl (C=O) groups is 3. The van der Waals surface area contributed by atoms with Crippen LogP contribution in [-0.4, -0.2) is 37.2 Å². The topological polar surface area (TPSA) is 78.9 Å². The summed E-state index contributed by atoms with van der Waals surface area (Å²) in [4.78, 5) is 38.4. The maximum Gasteiger partial charge on any atom is 0.306 e. The molecule has 0 spiro atoms. The van der Waals surface area contributed by atoms with E-state index in [0.29, 0.717) is 19.3 Å². The molecule has 0 saturated heterocycles. The van der Waals surface area contributed by atoms with Gasteiger partial charge in [0.25, 0.3) is 0 Å². The van der Waals surface area contributed by atoms with Gasteiger partial charge in [-0.15, -0.1) is 0 Å². The van der Waals surface area contributed by atoms with Crippen LogP contribution < -0.4 is 0 Å². The van der Waals surface area contributed by atoms with Gasteiger partial charge >= 0.3 is 17.9 Å². The first-order valence-corrected chi connectivity index (χ1v) is 35.0. The van der Waals surface area contributed by atoms with Crippen molar-refractivity contribution in [3.8, 4) is 0 Å². The van der Waals surface area contributed by atoms with Crippen LogP contribution in [0.15, 0.2) is 36.5 Å². The van der Waals surface area contributed by atoms with Crippen LogP contribution in [0.2, 0.25) is 0 Å². The highest BCUT2D eigenvalue weighted by Gasteiger charge is 2.19. The maximum absolute atomic E-state index is 12.9. The molecule has 6 heteroatoms. The Morgan fingerprint density at radius 3 is 0.756 bits per heavy atom. The van der Waals surface area contributed by atoms with E-state index in [9.17, 15) is 14.4 Å². The highest BCUT2D eigenvalue weighted by molar-refractivity contribution is 5.71. The Labute approximate surface area is 486 Å². The predicted octanol–water partition coefficient (Wildman–Crippen LogP) is 23.9. The summed E-state index contributed by atoms with van der Waals surface area (Å²) >= 11 is 0. The molecule has 0 bridgehead atoms.